The second-order valence-corrected chi connectivity index (χ2v) is 5.07. The minimum absolute atomic E-state index is 0.0973. The molecule has 2 rings (SSSR count). The number of nitrogens with zero attached hydrogens (tertiary/aromatic N) is 4. The Morgan fingerprint density at radius 2 is 2.06 bits per heavy atom. The van der Waals surface area contributed by atoms with Crippen molar-refractivity contribution < 1.29 is 0 Å². The lowest BCUT2D eigenvalue weighted by Gasteiger charge is -2.26. The van der Waals surface area contributed by atoms with Gasteiger partial charge in [-0.2, -0.15) is 5.26 Å². The zero-order valence-corrected chi connectivity index (χ0v) is 10.5. The topological polar surface area (TPSA) is 62.5 Å². The highest BCUT2D eigenvalue weighted by molar-refractivity contribution is 7.07. The van der Waals surface area contributed by atoms with E-state index in [-0.39, 0.29) is 5.92 Å². The van der Waals surface area contributed by atoms with Gasteiger partial charge in [0, 0.05) is 23.7 Å². The minimum atomic E-state index is -0.543. The summed E-state index contributed by atoms with van der Waals surface area (Å²) in [4.78, 5) is 12.4. The Bertz CT molecular complexity index is 513. The smallest absolute Gasteiger partial charge is 0.115 e. The summed E-state index contributed by atoms with van der Waals surface area (Å²) < 4.78 is 0. The molecule has 0 aliphatic rings. The summed E-state index contributed by atoms with van der Waals surface area (Å²) in [5.41, 5.74) is 3.06. The van der Waals surface area contributed by atoms with Crippen LogP contribution in [0.4, 0.5) is 0 Å². The zero-order valence-electron chi connectivity index (χ0n) is 9.66. The molecule has 86 valence electrons. The molecular weight excluding hydrogens is 232 g/mol. The van der Waals surface area contributed by atoms with Gasteiger partial charge in [0.2, 0.25) is 0 Å². The van der Waals surface area contributed by atoms with Crippen molar-refractivity contribution in [1.29, 1.82) is 5.26 Å². The van der Waals surface area contributed by atoms with Crippen molar-refractivity contribution in [1.82, 2.24) is 15.0 Å². The number of hydrogen-bond donors (Lipinski definition) is 0. The molecule has 0 N–H and O–H groups in total. The van der Waals surface area contributed by atoms with Gasteiger partial charge < -0.3 is 0 Å². The van der Waals surface area contributed by atoms with Crippen LogP contribution >= 0.6 is 11.3 Å². The second kappa shape index (κ2) is 4.60. The van der Waals surface area contributed by atoms with Gasteiger partial charge in [-0.05, 0) is 19.4 Å². The molecule has 0 aliphatic heterocycles. The summed E-state index contributed by atoms with van der Waals surface area (Å²) in [6, 6.07) is 2.34. The molecule has 5 heteroatoms. The Morgan fingerprint density at radius 1 is 1.35 bits per heavy atom. The Labute approximate surface area is 104 Å². The van der Waals surface area contributed by atoms with Crippen molar-refractivity contribution in [3.05, 3.63) is 40.9 Å². The Balaban J connectivity index is 2.50. The van der Waals surface area contributed by atoms with Gasteiger partial charge in [-0.15, -0.1) is 11.3 Å². The van der Waals surface area contributed by atoms with Gasteiger partial charge >= 0.3 is 0 Å². The van der Waals surface area contributed by atoms with Gasteiger partial charge in [0.25, 0.3) is 0 Å². The van der Waals surface area contributed by atoms with Crippen molar-refractivity contribution in [3.8, 4) is 6.07 Å². The van der Waals surface area contributed by atoms with Crippen LogP contribution < -0.4 is 0 Å². The molecular formula is C12H12N4S. The van der Waals surface area contributed by atoms with E-state index in [9.17, 15) is 5.26 Å². The Hall–Kier alpha value is -1.80. The maximum atomic E-state index is 9.31. The predicted octanol–water partition coefficient (Wildman–Crippen LogP) is 2.61. The van der Waals surface area contributed by atoms with E-state index in [1.807, 2.05) is 19.2 Å². The molecule has 0 amide bonds. The highest BCUT2D eigenvalue weighted by Gasteiger charge is 2.34. The van der Waals surface area contributed by atoms with Crippen LogP contribution in [-0.2, 0) is 0 Å². The van der Waals surface area contributed by atoms with Crippen LogP contribution in [-0.4, -0.2) is 15.0 Å². The van der Waals surface area contributed by atoms with Gasteiger partial charge in [0.15, 0.2) is 0 Å². The molecule has 0 aliphatic carbocycles. The third kappa shape index (κ3) is 2.32. The first-order valence-electron chi connectivity index (χ1n) is 5.19. The van der Waals surface area contributed by atoms with E-state index in [1.165, 1.54) is 17.7 Å². The summed E-state index contributed by atoms with van der Waals surface area (Å²) in [6.07, 6.45) is 4.98. The lowest BCUT2D eigenvalue weighted by atomic mass is 9.75. The first-order valence-corrected chi connectivity index (χ1v) is 6.13. The normalized spacial score (nSPS) is 13.0. The molecule has 0 aromatic carbocycles. The van der Waals surface area contributed by atoms with Crippen LogP contribution in [0.2, 0.25) is 0 Å². The van der Waals surface area contributed by atoms with E-state index in [1.54, 1.807) is 17.9 Å². The largest absolute Gasteiger partial charge is 0.249 e. The number of hydrogen-bond acceptors (Lipinski definition) is 5. The Morgan fingerprint density at radius 3 is 2.59 bits per heavy atom. The van der Waals surface area contributed by atoms with Crippen molar-refractivity contribution in [2.24, 2.45) is 5.41 Å². The number of rotatable bonds is 3. The Kier molecular flexibility index (Phi) is 3.16. The summed E-state index contributed by atoms with van der Waals surface area (Å²) in [5, 5.41) is 11.3. The van der Waals surface area contributed by atoms with Gasteiger partial charge in [0.05, 0.1) is 22.7 Å². The molecule has 1 unspecified atom stereocenters. The van der Waals surface area contributed by atoms with Crippen LogP contribution in [0, 0.1) is 16.7 Å². The van der Waals surface area contributed by atoms with Crippen LogP contribution in [0.15, 0.2) is 29.6 Å². The van der Waals surface area contributed by atoms with Crippen LogP contribution in [0.5, 0.6) is 0 Å². The molecule has 0 saturated carbocycles. The van der Waals surface area contributed by atoms with E-state index in [0.29, 0.717) is 0 Å². The van der Waals surface area contributed by atoms with E-state index >= 15 is 0 Å². The summed E-state index contributed by atoms with van der Waals surface area (Å²) in [6.45, 7) is 3.81. The molecule has 0 fully saturated rings. The van der Waals surface area contributed by atoms with Crippen molar-refractivity contribution in [2.45, 2.75) is 19.8 Å². The maximum Gasteiger partial charge on any atom is 0.115 e. The van der Waals surface area contributed by atoms with E-state index in [0.717, 1.165) is 11.3 Å². The molecule has 0 radical (unpaired) electrons. The van der Waals surface area contributed by atoms with Crippen molar-refractivity contribution in [2.75, 3.05) is 0 Å². The molecule has 0 saturated heterocycles. The average molecular weight is 244 g/mol. The number of aromatic nitrogens is 3. The van der Waals surface area contributed by atoms with E-state index < -0.39 is 5.41 Å². The summed E-state index contributed by atoms with van der Waals surface area (Å²) in [7, 11) is 0. The van der Waals surface area contributed by atoms with Gasteiger partial charge in [0.1, 0.15) is 6.33 Å². The van der Waals surface area contributed by atoms with Crippen LogP contribution in [0.3, 0.4) is 0 Å². The van der Waals surface area contributed by atoms with Gasteiger partial charge in [-0.25, -0.2) is 15.0 Å². The molecule has 1 atom stereocenters. The van der Waals surface area contributed by atoms with Gasteiger partial charge in [-0.3, -0.25) is 0 Å². The van der Waals surface area contributed by atoms with Crippen LogP contribution in [0.1, 0.15) is 31.0 Å². The lowest BCUT2D eigenvalue weighted by molar-refractivity contribution is 0.423. The standard InChI is InChI=1S/C12H12N4S/c1-12(2,6-13)11(10-5-17-8-16-10)9-3-14-7-15-4-9/h3-5,7-8,11H,1-2H3. The quantitative estimate of drug-likeness (QED) is 0.832. The number of thiazole rings is 1. The molecule has 0 bridgehead atoms. The lowest BCUT2D eigenvalue weighted by Crippen LogP contribution is -2.22. The van der Waals surface area contributed by atoms with Crippen LogP contribution in [0.25, 0.3) is 0 Å². The second-order valence-electron chi connectivity index (χ2n) is 4.35. The molecule has 0 spiro atoms. The maximum absolute atomic E-state index is 9.31. The highest BCUT2D eigenvalue weighted by Crippen LogP contribution is 2.39. The SMILES string of the molecule is CC(C)(C#N)C(c1cncnc1)c1cscn1. The monoisotopic (exact) mass is 244 g/mol. The molecule has 17 heavy (non-hydrogen) atoms. The summed E-state index contributed by atoms with van der Waals surface area (Å²) >= 11 is 1.53. The third-order valence-corrected chi connectivity index (χ3v) is 3.28. The molecule has 2 aromatic rings. The first-order chi connectivity index (χ1) is 8.15. The summed E-state index contributed by atoms with van der Waals surface area (Å²) in [5.74, 6) is -0.0973. The number of nitriles is 1. The third-order valence-electron chi connectivity index (χ3n) is 2.67. The predicted molar refractivity (Wildman–Crippen MR) is 65.4 cm³/mol. The fourth-order valence-corrected chi connectivity index (χ4v) is 2.43. The first kappa shape index (κ1) is 11.7. The highest BCUT2D eigenvalue weighted by atomic mass is 32.1. The average Bonchev–Trinajstić information content (AvgIpc) is 2.84. The van der Waals surface area contributed by atoms with Gasteiger partial charge in [-0.1, -0.05) is 0 Å². The minimum Gasteiger partial charge on any atom is -0.249 e. The van der Waals surface area contributed by atoms with Crippen molar-refractivity contribution >= 4 is 11.3 Å². The van der Waals surface area contributed by atoms with E-state index in [2.05, 4.69) is 21.0 Å². The zero-order chi connectivity index (χ0) is 12.3. The fraction of sp³-hybridized carbons (Fsp3) is 0.333. The van der Waals surface area contributed by atoms with E-state index in [4.69, 9.17) is 0 Å². The van der Waals surface area contributed by atoms with Crippen molar-refractivity contribution in [3.63, 3.8) is 0 Å². The molecule has 2 heterocycles. The molecule has 2 aromatic heterocycles. The molecule has 4 nitrogen and oxygen atoms in total. The fourth-order valence-electron chi connectivity index (χ4n) is 1.85.